The highest BCUT2D eigenvalue weighted by atomic mass is 16.5. The van der Waals surface area contributed by atoms with E-state index < -0.39 is 0 Å². The molecule has 0 spiro atoms. The number of aryl methyl sites for hydroxylation is 1. The molecular formula is C22H28N2O2. The second kappa shape index (κ2) is 7.90. The van der Waals surface area contributed by atoms with Gasteiger partial charge in [0.05, 0.1) is 7.11 Å². The van der Waals surface area contributed by atoms with Gasteiger partial charge in [-0.1, -0.05) is 26.0 Å². The highest BCUT2D eigenvalue weighted by molar-refractivity contribution is 5.78. The van der Waals surface area contributed by atoms with Crippen LogP contribution < -0.4 is 4.74 Å². The molecule has 0 unspecified atom stereocenters. The van der Waals surface area contributed by atoms with E-state index in [1.807, 2.05) is 43.9 Å². The number of amides is 1. The topological polar surface area (TPSA) is 42.4 Å². The maximum atomic E-state index is 12.4. The summed E-state index contributed by atoms with van der Waals surface area (Å²) in [4.78, 5) is 19.2. The molecule has 1 fully saturated rings. The zero-order valence-electron chi connectivity index (χ0n) is 16.2. The van der Waals surface area contributed by atoms with Gasteiger partial charge in [-0.05, 0) is 55.2 Å². The zero-order chi connectivity index (χ0) is 18.7. The summed E-state index contributed by atoms with van der Waals surface area (Å²) in [6.07, 6.45) is 2.11. The maximum Gasteiger partial charge on any atom is 0.225 e. The summed E-state index contributed by atoms with van der Waals surface area (Å²) in [5, 5.41) is 0. The number of piperidine rings is 1. The van der Waals surface area contributed by atoms with Crippen LogP contribution in [0, 0.1) is 12.8 Å². The van der Waals surface area contributed by atoms with Crippen molar-refractivity contribution in [3.8, 4) is 16.9 Å². The Morgan fingerprint density at radius 3 is 2.77 bits per heavy atom. The minimum Gasteiger partial charge on any atom is -0.497 e. The Morgan fingerprint density at radius 1 is 1.23 bits per heavy atom. The van der Waals surface area contributed by atoms with Crippen LogP contribution in [0.25, 0.3) is 11.1 Å². The normalized spacial score (nSPS) is 17.4. The first kappa shape index (κ1) is 18.4. The van der Waals surface area contributed by atoms with Crippen LogP contribution in [0.1, 0.15) is 44.0 Å². The number of hydrogen-bond acceptors (Lipinski definition) is 3. The summed E-state index contributed by atoms with van der Waals surface area (Å²) in [5.74, 6) is 1.45. The fourth-order valence-corrected chi connectivity index (χ4v) is 3.66. The second-order valence-corrected chi connectivity index (χ2v) is 7.43. The van der Waals surface area contributed by atoms with Gasteiger partial charge in [0, 0.05) is 36.3 Å². The van der Waals surface area contributed by atoms with Crippen molar-refractivity contribution < 1.29 is 9.53 Å². The smallest absolute Gasteiger partial charge is 0.225 e. The molecule has 3 rings (SSSR count). The molecule has 1 aromatic carbocycles. The molecule has 1 amide bonds. The van der Waals surface area contributed by atoms with Crippen molar-refractivity contribution in [2.75, 3.05) is 20.2 Å². The first-order chi connectivity index (χ1) is 12.5. The van der Waals surface area contributed by atoms with Gasteiger partial charge in [0.15, 0.2) is 0 Å². The first-order valence-corrected chi connectivity index (χ1v) is 9.39. The Balaban J connectivity index is 1.88. The van der Waals surface area contributed by atoms with Crippen LogP contribution >= 0.6 is 0 Å². The molecule has 1 aromatic heterocycles. The van der Waals surface area contributed by atoms with E-state index in [0.717, 1.165) is 54.2 Å². The Labute approximate surface area is 156 Å². The number of hydrogen-bond donors (Lipinski definition) is 0. The molecule has 0 saturated carbocycles. The van der Waals surface area contributed by atoms with Gasteiger partial charge in [-0.3, -0.25) is 9.78 Å². The van der Waals surface area contributed by atoms with Crippen molar-refractivity contribution >= 4 is 5.91 Å². The van der Waals surface area contributed by atoms with Gasteiger partial charge in [0.1, 0.15) is 5.75 Å². The van der Waals surface area contributed by atoms with E-state index in [1.165, 1.54) is 0 Å². The third kappa shape index (κ3) is 4.06. The highest BCUT2D eigenvalue weighted by Crippen LogP contribution is 2.31. The Bertz CT molecular complexity index is 785. The standard InChI is InChI=1S/C22H28N2O2/c1-15(2)22(25)24-10-6-8-18(14-24)21-13-19(11-16(3)23-21)17-7-5-9-20(12-17)26-4/h5,7,9,11-13,15,18H,6,8,10,14H2,1-4H3/t18-/m1/s1. The summed E-state index contributed by atoms with van der Waals surface area (Å²) < 4.78 is 5.36. The summed E-state index contributed by atoms with van der Waals surface area (Å²) >= 11 is 0. The van der Waals surface area contributed by atoms with Gasteiger partial charge in [0.25, 0.3) is 0 Å². The molecule has 1 saturated heterocycles. The van der Waals surface area contributed by atoms with Gasteiger partial charge in [-0.25, -0.2) is 0 Å². The Hall–Kier alpha value is -2.36. The third-order valence-corrected chi connectivity index (χ3v) is 5.02. The SMILES string of the molecule is COc1cccc(-c2cc(C)nc([C@@H]3CCCN(C(=O)C(C)C)C3)c2)c1. The number of methoxy groups -OCH3 is 1. The number of pyridine rings is 1. The van der Waals surface area contributed by atoms with Crippen molar-refractivity contribution in [1.82, 2.24) is 9.88 Å². The number of ether oxygens (including phenoxy) is 1. The molecule has 4 nitrogen and oxygen atoms in total. The minimum atomic E-state index is 0.0477. The van der Waals surface area contributed by atoms with E-state index in [1.54, 1.807) is 7.11 Å². The molecule has 0 N–H and O–H groups in total. The molecule has 1 aliphatic rings. The van der Waals surface area contributed by atoms with Crippen LogP contribution in [0.4, 0.5) is 0 Å². The zero-order valence-corrected chi connectivity index (χ0v) is 16.2. The van der Waals surface area contributed by atoms with Gasteiger partial charge >= 0.3 is 0 Å². The van der Waals surface area contributed by atoms with Crippen LogP contribution in [-0.4, -0.2) is 36.0 Å². The molecule has 0 radical (unpaired) electrons. The number of likely N-dealkylation sites (tertiary alicyclic amines) is 1. The fraction of sp³-hybridized carbons (Fsp3) is 0.455. The summed E-state index contributed by atoms with van der Waals surface area (Å²) in [7, 11) is 1.69. The lowest BCUT2D eigenvalue weighted by atomic mass is 9.91. The number of carbonyl (C=O) groups excluding carboxylic acids is 1. The molecule has 1 atom stereocenters. The van der Waals surface area contributed by atoms with Crippen molar-refractivity contribution in [1.29, 1.82) is 0 Å². The largest absolute Gasteiger partial charge is 0.497 e. The van der Waals surface area contributed by atoms with E-state index in [4.69, 9.17) is 9.72 Å². The predicted octanol–water partition coefficient (Wildman–Crippen LogP) is 4.43. The van der Waals surface area contributed by atoms with E-state index >= 15 is 0 Å². The highest BCUT2D eigenvalue weighted by Gasteiger charge is 2.27. The van der Waals surface area contributed by atoms with Gasteiger partial charge in [0.2, 0.25) is 5.91 Å². The van der Waals surface area contributed by atoms with E-state index in [2.05, 4.69) is 18.2 Å². The molecule has 2 heterocycles. The maximum absolute atomic E-state index is 12.4. The summed E-state index contributed by atoms with van der Waals surface area (Å²) in [6, 6.07) is 12.4. The lowest BCUT2D eigenvalue weighted by molar-refractivity contribution is -0.135. The lowest BCUT2D eigenvalue weighted by Crippen LogP contribution is -2.41. The van der Waals surface area contributed by atoms with E-state index in [9.17, 15) is 4.79 Å². The van der Waals surface area contributed by atoms with E-state index in [0.29, 0.717) is 5.92 Å². The minimum absolute atomic E-state index is 0.0477. The molecule has 4 heteroatoms. The van der Waals surface area contributed by atoms with Crippen LogP contribution in [0.2, 0.25) is 0 Å². The Kier molecular flexibility index (Phi) is 5.60. The van der Waals surface area contributed by atoms with Gasteiger partial charge in [-0.15, -0.1) is 0 Å². The van der Waals surface area contributed by atoms with Crippen LogP contribution in [0.15, 0.2) is 36.4 Å². The number of nitrogens with zero attached hydrogens (tertiary/aromatic N) is 2. The van der Waals surface area contributed by atoms with Crippen LogP contribution in [0.5, 0.6) is 5.75 Å². The fourth-order valence-electron chi connectivity index (χ4n) is 3.66. The summed E-state index contributed by atoms with van der Waals surface area (Å²) in [6.45, 7) is 7.61. The monoisotopic (exact) mass is 352 g/mol. The van der Waals surface area contributed by atoms with Crippen molar-refractivity contribution in [3.63, 3.8) is 0 Å². The molecule has 26 heavy (non-hydrogen) atoms. The van der Waals surface area contributed by atoms with Crippen molar-refractivity contribution in [3.05, 3.63) is 47.8 Å². The molecule has 0 aliphatic carbocycles. The number of benzene rings is 1. The lowest BCUT2D eigenvalue weighted by Gasteiger charge is -2.34. The van der Waals surface area contributed by atoms with Crippen LogP contribution in [0.3, 0.4) is 0 Å². The number of carbonyl (C=O) groups is 1. The molecule has 2 aromatic rings. The summed E-state index contributed by atoms with van der Waals surface area (Å²) in [5.41, 5.74) is 4.37. The average molecular weight is 352 g/mol. The predicted molar refractivity (Wildman–Crippen MR) is 104 cm³/mol. The number of rotatable bonds is 4. The van der Waals surface area contributed by atoms with Crippen molar-refractivity contribution in [2.24, 2.45) is 5.92 Å². The average Bonchev–Trinajstić information content (AvgIpc) is 2.67. The number of aromatic nitrogens is 1. The third-order valence-electron chi connectivity index (χ3n) is 5.02. The Morgan fingerprint density at radius 2 is 2.04 bits per heavy atom. The molecule has 138 valence electrons. The quantitative estimate of drug-likeness (QED) is 0.817. The second-order valence-electron chi connectivity index (χ2n) is 7.43. The van der Waals surface area contributed by atoms with Gasteiger partial charge in [-0.2, -0.15) is 0 Å². The van der Waals surface area contributed by atoms with Crippen molar-refractivity contribution in [2.45, 2.75) is 39.5 Å². The molecule has 1 aliphatic heterocycles. The van der Waals surface area contributed by atoms with Gasteiger partial charge < -0.3 is 9.64 Å². The molecular weight excluding hydrogens is 324 g/mol. The first-order valence-electron chi connectivity index (χ1n) is 9.39. The van der Waals surface area contributed by atoms with E-state index in [-0.39, 0.29) is 11.8 Å². The van der Waals surface area contributed by atoms with Crippen LogP contribution in [-0.2, 0) is 4.79 Å². The molecule has 0 bridgehead atoms.